The molecule has 0 aromatic heterocycles. The first-order chi connectivity index (χ1) is 11.0. The van der Waals surface area contributed by atoms with Crippen LogP contribution in [0.2, 0.25) is 0 Å². The largest absolute Gasteiger partial charge is 0.493 e. The van der Waals surface area contributed by atoms with Gasteiger partial charge in [-0.15, -0.1) is 0 Å². The van der Waals surface area contributed by atoms with Gasteiger partial charge in [-0.25, -0.2) is 0 Å². The van der Waals surface area contributed by atoms with Gasteiger partial charge in [0.15, 0.2) is 0 Å². The van der Waals surface area contributed by atoms with Crippen molar-refractivity contribution in [2.75, 3.05) is 24.7 Å². The van der Waals surface area contributed by atoms with Crippen LogP contribution in [0.1, 0.15) is 24.0 Å². The van der Waals surface area contributed by atoms with Gasteiger partial charge in [-0.1, -0.05) is 17.7 Å². The molecule has 1 atom stereocenters. The number of benzene rings is 1. The molecule has 1 aliphatic rings. The van der Waals surface area contributed by atoms with Crippen LogP contribution in [0.15, 0.2) is 18.2 Å². The number of amides is 1. The number of carboxylic acid groups (broad SMARTS) is 1. The van der Waals surface area contributed by atoms with Crippen LogP contribution in [0.5, 0.6) is 5.75 Å². The predicted molar refractivity (Wildman–Crippen MR) is 91.1 cm³/mol. The lowest BCUT2D eigenvalue weighted by Gasteiger charge is -2.34. The molecule has 1 heterocycles. The molecule has 1 fully saturated rings. The minimum absolute atomic E-state index is 0.0106. The molecule has 0 saturated carbocycles. The Balaban J connectivity index is 1.86. The second-order valence-corrected chi connectivity index (χ2v) is 6.93. The molecule has 23 heavy (non-hydrogen) atoms. The standard InChI is InChI=1S/C17H23NO4S/c1-12-3-4-15(13(2)9-12)22-7-5-16(19)18-6-8-23-11-14(18)10-17(20)21/h3-4,9,14H,5-8,10-11H2,1-2H3,(H,20,21). The zero-order valence-electron chi connectivity index (χ0n) is 13.6. The van der Waals surface area contributed by atoms with Crippen molar-refractivity contribution in [3.05, 3.63) is 29.3 Å². The normalized spacial score (nSPS) is 17.8. The molecule has 0 bridgehead atoms. The van der Waals surface area contributed by atoms with E-state index in [1.165, 1.54) is 5.56 Å². The number of aryl methyl sites for hydroxylation is 2. The van der Waals surface area contributed by atoms with E-state index in [9.17, 15) is 9.59 Å². The van der Waals surface area contributed by atoms with E-state index in [1.807, 2.05) is 32.0 Å². The van der Waals surface area contributed by atoms with Gasteiger partial charge in [-0.3, -0.25) is 9.59 Å². The Bertz CT molecular complexity index is 576. The molecule has 126 valence electrons. The van der Waals surface area contributed by atoms with E-state index in [-0.39, 0.29) is 24.8 Å². The quantitative estimate of drug-likeness (QED) is 0.864. The number of nitrogens with zero attached hydrogens (tertiary/aromatic N) is 1. The first-order valence-electron chi connectivity index (χ1n) is 7.76. The van der Waals surface area contributed by atoms with Gasteiger partial charge in [0.25, 0.3) is 0 Å². The lowest BCUT2D eigenvalue weighted by molar-refractivity contribution is -0.140. The molecule has 1 amide bonds. The first-order valence-corrected chi connectivity index (χ1v) is 8.92. The van der Waals surface area contributed by atoms with Crippen LogP contribution in [-0.4, -0.2) is 52.6 Å². The number of rotatable bonds is 6. The van der Waals surface area contributed by atoms with E-state index >= 15 is 0 Å². The smallest absolute Gasteiger partial charge is 0.305 e. The maximum absolute atomic E-state index is 12.4. The summed E-state index contributed by atoms with van der Waals surface area (Å²) in [6.45, 7) is 4.93. The Labute approximate surface area is 141 Å². The molecule has 6 heteroatoms. The van der Waals surface area contributed by atoms with Crippen molar-refractivity contribution in [2.24, 2.45) is 0 Å². The zero-order chi connectivity index (χ0) is 16.8. The second kappa shape index (κ2) is 8.24. The third-order valence-electron chi connectivity index (χ3n) is 3.86. The fourth-order valence-corrected chi connectivity index (χ4v) is 3.77. The van der Waals surface area contributed by atoms with Gasteiger partial charge in [-0.2, -0.15) is 11.8 Å². The number of carbonyl (C=O) groups excluding carboxylic acids is 1. The van der Waals surface area contributed by atoms with E-state index in [0.29, 0.717) is 18.9 Å². The summed E-state index contributed by atoms with van der Waals surface area (Å²) in [6.07, 6.45) is 0.283. The number of carbonyl (C=O) groups is 2. The van der Waals surface area contributed by atoms with Crippen molar-refractivity contribution in [2.45, 2.75) is 32.7 Å². The highest BCUT2D eigenvalue weighted by atomic mass is 32.2. The predicted octanol–water partition coefficient (Wildman–Crippen LogP) is 2.49. The van der Waals surface area contributed by atoms with Crippen molar-refractivity contribution in [3.63, 3.8) is 0 Å². The van der Waals surface area contributed by atoms with Crippen molar-refractivity contribution in [3.8, 4) is 5.75 Å². The van der Waals surface area contributed by atoms with Crippen molar-refractivity contribution < 1.29 is 19.4 Å². The van der Waals surface area contributed by atoms with Gasteiger partial charge in [0.05, 0.1) is 25.5 Å². The van der Waals surface area contributed by atoms with E-state index in [1.54, 1.807) is 16.7 Å². The molecule has 0 aliphatic carbocycles. The Kier molecular flexibility index (Phi) is 6.33. The van der Waals surface area contributed by atoms with Gasteiger partial charge >= 0.3 is 5.97 Å². The maximum Gasteiger partial charge on any atom is 0.305 e. The lowest BCUT2D eigenvalue weighted by atomic mass is 10.1. The number of ether oxygens (including phenoxy) is 1. The molecule has 0 spiro atoms. The Morgan fingerprint density at radius 2 is 2.17 bits per heavy atom. The number of hydrogen-bond acceptors (Lipinski definition) is 4. The van der Waals surface area contributed by atoms with Gasteiger partial charge in [-0.05, 0) is 25.5 Å². The number of hydrogen-bond donors (Lipinski definition) is 1. The summed E-state index contributed by atoms with van der Waals surface area (Å²) in [7, 11) is 0. The lowest BCUT2D eigenvalue weighted by Crippen LogP contribution is -2.47. The van der Waals surface area contributed by atoms with Crippen LogP contribution < -0.4 is 4.74 Å². The number of carboxylic acids is 1. The summed E-state index contributed by atoms with van der Waals surface area (Å²) in [5, 5.41) is 8.97. The van der Waals surface area contributed by atoms with Gasteiger partial charge in [0.2, 0.25) is 5.91 Å². The van der Waals surface area contributed by atoms with Gasteiger partial charge in [0.1, 0.15) is 5.75 Å². The topological polar surface area (TPSA) is 66.8 Å². The summed E-state index contributed by atoms with van der Waals surface area (Å²) in [5.41, 5.74) is 2.23. The highest BCUT2D eigenvalue weighted by molar-refractivity contribution is 7.99. The Morgan fingerprint density at radius 1 is 1.39 bits per heavy atom. The molecule has 1 saturated heterocycles. The first kappa shape index (κ1) is 17.7. The number of thioether (sulfide) groups is 1. The molecule has 2 rings (SSSR count). The summed E-state index contributed by atoms with van der Waals surface area (Å²) in [6, 6.07) is 5.73. The average molecular weight is 337 g/mol. The second-order valence-electron chi connectivity index (χ2n) is 5.78. The Hall–Kier alpha value is -1.69. The van der Waals surface area contributed by atoms with Crippen molar-refractivity contribution >= 4 is 23.6 Å². The maximum atomic E-state index is 12.4. The third-order valence-corrected chi connectivity index (χ3v) is 4.95. The average Bonchev–Trinajstić information content (AvgIpc) is 2.49. The van der Waals surface area contributed by atoms with Crippen LogP contribution in [0, 0.1) is 13.8 Å². The molecule has 1 unspecified atom stereocenters. The summed E-state index contributed by atoms with van der Waals surface area (Å²) >= 11 is 1.70. The zero-order valence-corrected chi connectivity index (χ0v) is 14.4. The van der Waals surface area contributed by atoms with Gasteiger partial charge < -0.3 is 14.7 Å². The van der Waals surface area contributed by atoms with Gasteiger partial charge in [0, 0.05) is 18.1 Å². The van der Waals surface area contributed by atoms with Crippen molar-refractivity contribution in [1.82, 2.24) is 4.90 Å². The van der Waals surface area contributed by atoms with Crippen LogP contribution in [-0.2, 0) is 9.59 Å². The van der Waals surface area contributed by atoms with Crippen LogP contribution >= 0.6 is 11.8 Å². The van der Waals surface area contributed by atoms with E-state index in [2.05, 4.69) is 0 Å². The van der Waals surface area contributed by atoms with E-state index in [4.69, 9.17) is 9.84 Å². The SMILES string of the molecule is Cc1ccc(OCCC(=O)N2CCSCC2CC(=O)O)c(C)c1. The third kappa shape index (κ3) is 5.16. The molecule has 1 aromatic carbocycles. The highest BCUT2D eigenvalue weighted by Gasteiger charge is 2.28. The summed E-state index contributed by atoms with van der Waals surface area (Å²) in [5.74, 6) is 1.46. The van der Waals surface area contributed by atoms with Crippen molar-refractivity contribution in [1.29, 1.82) is 0 Å². The molecular formula is C17H23NO4S. The van der Waals surface area contributed by atoms with E-state index < -0.39 is 5.97 Å². The summed E-state index contributed by atoms with van der Waals surface area (Å²) < 4.78 is 5.70. The van der Waals surface area contributed by atoms with Crippen LogP contribution in [0.25, 0.3) is 0 Å². The minimum Gasteiger partial charge on any atom is -0.493 e. The molecule has 1 aliphatic heterocycles. The summed E-state index contributed by atoms with van der Waals surface area (Å²) in [4.78, 5) is 25.0. The minimum atomic E-state index is -0.859. The highest BCUT2D eigenvalue weighted by Crippen LogP contribution is 2.21. The molecular weight excluding hydrogens is 314 g/mol. The molecule has 1 aromatic rings. The fourth-order valence-electron chi connectivity index (χ4n) is 2.71. The van der Waals surface area contributed by atoms with Crippen LogP contribution in [0.3, 0.4) is 0 Å². The van der Waals surface area contributed by atoms with Crippen LogP contribution in [0.4, 0.5) is 0 Å². The van der Waals surface area contributed by atoms with E-state index in [0.717, 1.165) is 17.1 Å². The molecule has 0 radical (unpaired) electrons. The monoisotopic (exact) mass is 337 g/mol. The molecule has 5 nitrogen and oxygen atoms in total. The fraction of sp³-hybridized carbons (Fsp3) is 0.529. The Morgan fingerprint density at radius 3 is 2.87 bits per heavy atom. The number of aliphatic carboxylic acids is 1. The molecule has 1 N–H and O–H groups in total.